The van der Waals surface area contributed by atoms with Crippen LogP contribution in [0.3, 0.4) is 0 Å². The fraction of sp³-hybridized carbons (Fsp3) is 0.444. The second-order valence-electron chi connectivity index (χ2n) is 10.3. The molecule has 1 aromatic heterocycles. The first-order valence-corrected chi connectivity index (χ1v) is 15.1. The van der Waals surface area contributed by atoms with Gasteiger partial charge >= 0.3 is 18.0 Å². The van der Waals surface area contributed by atoms with Crippen molar-refractivity contribution in [2.24, 2.45) is 0 Å². The lowest BCUT2D eigenvalue weighted by Crippen LogP contribution is -2.48. The minimum Gasteiger partial charge on any atom is -0.465 e. The highest BCUT2D eigenvalue weighted by Crippen LogP contribution is 2.37. The fourth-order valence-electron chi connectivity index (χ4n) is 5.37. The summed E-state index contributed by atoms with van der Waals surface area (Å²) in [6, 6.07) is 4.22. The molecule has 228 valence electrons. The van der Waals surface area contributed by atoms with E-state index in [0.29, 0.717) is 30.0 Å². The van der Waals surface area contributed by atoms with Gasteiger partial charge in [-0.1, -0.05) is 18.5 Å². The van der Waals surface area contributed by atoms with Gasteiger partial charge in [-0.2, -0.15) is 13.2 Å². The number of alkyl halides is 3. The first kappa shape index (κ1) is 31.6. The molecule has 10 nitrogen and oxygen atoms in total. The van der Waals surface area contributed by atoms with E-state index >= 15 is 0 Å². The van der Waals surface area contributed by atoms with E-state index in [1.807, 2.05) is 0 Å². The van der Waals surface area contributed by atoms with E-state index in [-0.39, 0.29) is 56.4 Å². The van der Waals surface area contributed by atoms with E-state index in [4.69, 9.17) is 11.6 Å². The number of aromatic nitrogens is 2. The van der Waals surface area contributed by atoms with Crippen molar-refractivity contribution in [2.75, 3.05) is 25.9 Å². The van der Waals surface area contributed by atoms with Crippen LogP contribution in [0.25, 0.3) is 10.9 Å². The van der Waals surface area contributed by atoms with Crippen LogP contribution in [0.4, 0.5) is 18.0 Å². The molecule has 1 saturated heterocycles. The largest absolute Gasteiger partial charge is 0.465 e. The Morgan fingerprint density at radius 3 is 2.52 bits per heavy atom. The van der Waals surface area contributed by atoms with Gasteiger partial charge in [-0.15, -0.1) is 0 Å². The van der Waals surface area contributed by atoms with E-state index in [0.717, 1.165) is 4.90 Å². The number of hydrogen-bond donors (Lipinski definition) is 2. The van der Waals surface area contributed by atoms with Gasteiger partial charge in [-0.25, -0.2) is 18.0 Å². The number of halogens is 4. The van der Waals surface area contributed by atoms with Gasteiger partial charge in [0.05, 0.1) is 33.7 Å². The maximum absolute atomic E-state index is 14.4. The second kappa shape index (κ2) is 11.7. The predicted octanol–water partition coefficient (Wildman–Crippen LogP) is 4.09. The van der Waals surface area contributed by atoms with Crippen molar-refractivity contribution in [3.05, 3.63) is 72.4 Å². The van der Waals surface area contributed by atoms with E-state index in [1.165, 1.54) is 39.1 Å². The van der Waals surface area contributed by atoms with Crippen molar-refractivity contribution in [2.45, 2.75) is 56.9 Å². The number of rotatable bonds is 7. The summed E-state index contributed by atoms with van der Waals surface area (Å²) in [4.78, 5) is 43.3. The van der Waals surface area contributed by atoms with Crippen LogP contribution in [0.1, 0.15) is 42.0 Å². The molecule has 1 atom stereocenters. The summed E-state index contributed by atoms with van der Waals surface area (Å²) in [5.41, 5.74) is -3.08. The van der Waals surface area contributed by atoms with Gasteiger partial charge in [0.25, 0.3) is 5.56 Å². The maximum atomic E-state index is 14.4. The lowest BCUT2D eigenvalue weighted by atomic mass is 9.96. The number of fused-ring (bicyclic) bond motifs is 1. The number of hydrogen-bond acceptors (Lipinski definition) is 6. The number of likely N-dealkylation sites (tertiary alicyclic amines) is 1. The number of aryl methyl sites for hydroxylation is 1. The topological polar surface area (TPSA) is 133 Å². The van der Waals surface area contributed by atoms with Crippen molar-refractivity contribution >= 4 is 38.4 Å². The molecule has 0 aliphatic carbocycles. The number of carboxylic acid groups (broad SMARTS) is 1. The number of nitrogens with one attached hydrogen (secondary N) is 1. The lowest BCUT2D eigenvalue weighted by molar-refractivity contribution is -0.138. The van der Waals surface area contributed by atoms with Crippen LogP contribution in [0, 0.1) is 6.92 Å². The molecule has 0 radical (unpaired) electrons. The van der Waals surface area contributed by atoms with Crippen molar-refractivity contribution < 1.29 is 31.5 Å². The van der Waals surface area contributed by atoms with Gasteiger partial charge in [0.15, 0.2) is 9.84 Å². The Balaban J connectivity index is 1.83. The summed E-state index contributed by atoms with van der Waals surface area (Å²) in [5, 5.41) is 9.10. The normalized spacial score (nSPS) is 16.6. The number of nitrogens with zero attached hydrogens (tertiary/aromatic N) is 3. The Bertz CT molecular complexity index is 1770. The number of likely N-dealkylation sites (N-methyl/N-ethyl adjacent to an activating group) is 1. The highest BCUT2D eigenvalue weighted by atomic mass is 35.5. The Morgan fingerprint density at radius 1 is 1.21 bits per heavy atom. The summed E-state index contributed by atoms with van der Waals surface area (Å²) in [6.07, 6.45) is -4.82. The van der Waals surface area contributed by atoms with Crippen LogP contribution < -0.4 is 11.2 Å². The van der Waals surface area contributed by atoms with Crippen molar-refractivity contribution in [3.63, 3.8) is 0 Å². The summed E-state index contributed by atoms with van der Waals surface area (Å²) in [7, 11) is -2.36. The molecule has 42 heavy (non-hydrogen) atoms. The molecule has 0 unspecified atom stereocenters. The van der Waals surface area contributed by atoms with Crippen molar-refractivity contribution in [1.29, 1.82) is 0 Å². The number of H-pyrrole nitrogens is 1. The van der Waals surface area contributed by atoms with Crippen LogP contribution >= 0.6 is 11.6 Å². The average molecular weight is 631 g/mol. The second-order valence-corrected chi connectivity index (χ2v) is 13.0. The Kier molecular flexibility index (Phi) is 8.82. The quantitative estimate of drug-likeness (QED) is 0.402. The molecule has 2 aromatic carbocycles. The molecule has 1 aliphatic rings. The smallest absolute Gasteiger partial charge is 0.416 e. The molecule has 4 rings (SSSR count). The number of benzene rings is 2. The predicted molar refractivity (Wildman–Crippen MR) is 151 cm³/mol. The third kappa shape index (κ3) is 6.20. The minimum absolute atomic E-state index is 0.0478. The van der Waals surface area contributed by atoms with E-state index in [1.54, 1.807) is 4.90 Å². The average Bonchev–Trinajstić information content (AvgIpc) is 2.91. The third-order valence-corrected chi connectivity index (χ3v) is 9.81. The maximum Gasteiger partial charge on any atom is 0.416 e. The summed E-state index contributed by atoms with van der Waals surface area (Å²) < 4.78 is 69.0. The highest BCUT2D eigenvalue weighted by Gasteiger charge is 2.37. The van der Waals surface area contributed by atoms with E-state index in [2.05, 4.69) is 4.98 Å². The zero-order valence-corrected chi connectivity index (χ0v) is 24.7. The molecular formula is C27H30ClF3N4O6S. The van der Waals surface area contributed by atoms with Crippen LogP contribution in [0.5, 0.6) is 0 Å². The fourth-order valence-corrected chi connectivity index (χ4v) is 6.68. The third-order valence-electron chi connectivity index (χ3n) is 7.75. The number of carbonyl (C=O) groups is 1. The first-order valence-electron chi connectivity index (χ1n) is 13.1. The number of piperidine rings is 1. The van der Waals surface area contributed by atoms with E-state index in [9.17, 15) is 41.1 Å². The zero-order chi connectivity index (χ0) is 31.1. The highest BCUT2D eigenvalue weighted by molar-refractivity contribution is 7.91. The van der Waals surface area contributed by atoms with Crippen molar-refractivity contribution in [1.82, 2.24) is 19.4 Å². The SMILES string of the molecule is CCS(=O)(=O)c1ccc(Cl)cc1Cn1c(=O)[nH]c2c(C)c(CN3CCC[C@H](N(C)C(=O)O)C3)c(C(F)(F)F)cc2c1=O. The monoisotopic (exact) mass is 630 g/mol. The van der Waals surface area contributed by atoms with Crippen LogP contribution in [-0.2, 0) is 29.1 Å². The molecule has 2 N–H and O–H groups in total. The molecule has 0 spiro atoms. The van der Waals surface area contributed by atoms with Gasteiger partial charge in [0.1, 0.15) is 0 Å². The summed E-state index contributed by atoms with van der Waals surface area (Å²) in [6.45, 7) is 2.77. The molecule has 15 heteroatoms. The standard InChI is InChI=1S/C27H30ClF3N4O6S/c1-4-42(40,41)22-8-7-17(28)10-16(22)12-35-24(36)19-11-21(27(29,30)31)20(15(2)23(19)32-25(35)37)14-34-9-5-6-18(13-34)33(3)26(38)39/h7-8,10-11,18H,4-6,9,12-14H2,1-3H3,(H,32,37)(H,38,39)/t18-/m0/s1. The van der Waals surface area contributed by atoms with Gasteiger partial charge in [0, 0.05) is 31.2 Å². The van der Waals surface area contributed by atoms with Crippen LogP contribution in [0.15, 0.2) is 38.8 Å². The molecule has 1 aliphatic heterocycles. The molecule has 0 bridgehead atoms. The number of aromatic amines is 1. The molecule has 1 amide bonds. The van der Waals surface area contributed by atoms with Gasteiger partial charge < -0.3 is 15.0 Å². The first-order chi connectivity index (χ1) is 19.5. The molecule has 0 saturated carbocycles. The lowest BCUT2D eigenvalue weighted by Gasteiger charge is -2.37. The van der Waals surface area contributed by atoms with Crippen molar-refractivity contribution in [3.8, 4) is 0 Å². The van der Waals surface area contributed by atoms with Crippen LogP contribution in [0.2, 0.25) is 5.02 Å². The zero-order valence-electron chi connectivity index (χ0n) is 23.1. The molecular weight excluding hydrogens is 601 g/mol. The summed E-state index contributed by atoms with van der Waals surface area (Å²) >= 11 is 6.05. The summed E-state index contributed by atoms with van der Waals surface area (Å²) in [5.74, 6) is -0.258. The number of sulfone groups is 1. The molecule has 1 fully saturated rings. The Labute approximate surface area is 244 Å². The Hall–Kier alpha value is -3.36. The van der Waals surface area contributed by atoms with Gasteiger partial charge in [-0.05, 0) is 67.3 Å². The minimum atomic E-state index is -4.84. The Morgan fingerprint density at radius 2 is 1.90 bits per heavy atom. The van der Waals surface area contributed by atoms with Gasteiger partial charge in [-0.3, -0.25) is 14.3 Å². The number of amides is 1. The molecule has 3 aromatic rings. The van der Waals surface area contributed by atoms with Crippen LogP contribution in [-0.4, -0.2) is 70.9 Å². The van der Waals surface area contributed by atoms with Gasteiger partial charge in [0.2, 0.25) is 0 Å². The van der Waals surface area contributed by atoms with E-state index < -0.39 is 51.5 Å². The molecule has 2 heterocycles.